The summed E-state index contributed by atoms with van der Waals surface area (Å²) in [5.74, 6) is -1.40. The minimum atomic E-state index is -0.460. The first-order valence-corrected chi connectivity index (χ1v) is 9.03. The van der Waals surface area contributed by atoms with Crippen molar-refractivity contribution in [2.75, 3.05) is 20.2 Å². The predicted octanol–water partition coefficient (Wildman–Crippen LogP) is 3.84. The molecule has 27 heavy (non-hydrogen) atoms. The number of nitrogens with zero attached hydrogens (tertiary/aromatic N) is 1. The zero-order chi connectivity index (χ0) is 20.0. The van der Waals surface area contributed by atoms with Crippen molar-refractivity contribution in [2.45, 2.75) is 13.8 Å². The van der Waals surface area contributed by atoms with E-state index in [9.17, 15) is 14.4 Å². The number of carbonyl (C=O) groups excluding carboxylic acids is 3. The highest BCUT2D eigenvalue weighted by atomic mass is 35.5. The Bertz CT molecular complexity index is 832. The average Bonchev–Trinajstić information content (AvgIpc) is 2.70. The fourth-order valence-corrected chi connectivity index (χ4v) is 2.88. The number of ether oxygens (including phenoxy) is 1. The molecule has 0 aliphatic heterocycles. The van der Waals surface area contributed by atoms with Crippen LogP contribution < -0.4 is 0 Å². The molecule has 1 unspecified atom stereocenters. The van der Waals surface area contributed by atoms with Crippen molar-refractivity contribution >= 4 is 29.3 Å². The lowest BCUT2D eigenvalue weighted by atomic mass is 9.97. The lowest BCUT2D eigenvalue weighted by Gasteiger charge is -2.24. The van der Waals surface area contributed by atoms with Gasteiger partial charge in [0.25, 0.3) is 5.91 Å². The molecule has 0 radical (unpaired) electrons. The molecule has 142 valence electrons. The van der Waals surface area contributed by atoms with Gasteiger partial charge in [-0.05, 0) is 37.3 Å². The van der Waals surface area contributed by atoms with E-state index in [0.29, 0.717) is 28.3 Å². The molecule has 0 saturated heterocycles. The van der Waals surface area contributed by atoms with Gasteiger partial charge in [-0.25, -0.2) is 0 Å². The summed E-state index contributed by atoms with van der Waals surface area (Å²) in [5, 5.41) is 0.532. The van der Waals surface area contributed by atoms with Gasteiger partial charge < -0.3 is 9.64 Å². The summed E-state index contributed by atoms with van der Waals surface area (Å²) in [6, 6.07) is 13.2. The molecule has 0 fully saturated rings. The van der Waals surface area contributed by atoms with Gasteiger partial charge in [-0.2, -0.15) is 0 Å². The third kappa shape index (κ3) is 4.95. The smallest absolute Gasteiger partial charge is 0.310 e. The van der Waals surface area contributed by atoms with Gasteiger partial charge in [-0.1, -0.05) is 36.7 Å². The molecule has 0 aliphatic rings. The topological polar surface area (TPSA) is 63.7 Å². The average molecular weight is 388 g/mol. The normalized spacial score (nSPS) is 11.6. The van der Waals surface area contributed by atoms with Gasteiger partial charge in [-0.15, -0.1) is 0 Å². The lowest BCUT2D eigenvalue weighted by molar-refractivity contribution is -0.145. The second kappa shape index (κ2) is 9.33. The van der Waals surface area contributed by atoms with Crippen molar-refractivity contribution in [3.8, 4) is 0 Å². The molecule has 0 bridgehead atoms. The Morgan fingerprint density at radius 3 is 2.19 bits per heavy atom. The van der Waals surface area contributed by atoms with Gasteiger partial charge in [-0.3, -0.25) is 14.4 Å². The Hall–Kier alpha value is -2.66. The molecule has 0 saturated carbocycles. The molecule has 6 heteroatoms. The minimum Gasteiger partial charge on any atom is -0.469 e. The molecule has 0 spiro atoms. The van der Waals surface area contributed by atoms with Crippen molar-refractivity contribution in [2.24, 2.45) is 5.92 Å². The Labute approximate surface area is 163 Å². The van der Waals surface area contributed by atoms with Gasteiger partial charge in [0.05, 0.1) is 18.6 Å². The fraction of sp³-hybridized carbons (Fsp3) is 0.286. The number of amides is 1. The standard InChI is InChI=1S/C21H22ClNO4/c1-4-23(13-14(2)21(26)27-3)20(25)18-8-6-5-7-17(18)19(24)15-9-11-16(22)12-10-15/h5-12,14H,4,13H2,1-3H3. The minimum absolute atomic E-state index is 0.214. The molecule has 2 aromatic rings. The summed E-state index contributed by atoms with van der Waals surface area (Å²) in [5.41, 5.74) is 1.07. The molecule has 0 heterocycles. The van der Waals surface area contributed by atoms with E-state index in [-0.39, 0.29) is 24.2 Å². The molecular formula is C21H22ClNO4. The van der Waals surface area contributed by atoms with E-state index < -0.39 is 5.92 Å². The number of esters is 1. The van der Waals surface area contributed by atoms with E-state index in [1.54, 1.807) is 55.5 Å². The number of hydrogen-bond acceptors (Lipinski definition) is 4. The summed E-state index contributed by atoms with van der Waals surface area (Å²) < 4.78 is 4.73. The van der Waals surface area contributed by atoms with E-state index in [1.165, 1.54) is 12.0 Å². The number of ketones is 1. The van der Waals surface area contributed by atoms with Crippen molar-refractivity contribution in [1.29, 1.82) is 0 Å². The Balaban J connectivity index is 2.32. The third-order valence-corrected chi connectivity index (χ3v) is 4.53. The number of methoxy groups -OCH3 is 1. The van der Waals surface area contributed by atoms with Crippen LogP contribution in [-0.2, 0) is 9.53 Å². The molecule has 5 nitrogen and oxygen atoms in total. The lowest BCUT2D eigenvalue weighted by Crippen LogP contribution is -2.37. The van der Waals surface area contributed by atoms with Crippen molar-refractivity contribution in [3.05, 3.63) is 70.2 Å². The van der Waals surface area contributed by atoms with Crippen LogP contribution in [0, 0.1) is 5.92 Å². The highest BCUT2D eigenvalue weighted by Crippen LogP contribution is 2.19. The van der Waals surface area contributed by atoms with Gasteiger partial charge in [0, 0.05) is 29.2 Å². The molecule has 2 aromatic carbocycles. The molecule has 1 amide bonds. The molecule has 2 rings (SSSR count). The number of hydrogen-bond donors (Lipinski definition) is 0. The quantitative estimate of drug-likeness (QED) is 0.534. The summed E-state index contributed by atoms with van der Waals surface area (Å²) in [6.07, 6.45) is 0. The van der Waals surface area contributed by atoms with E-state index in [1.807, 2.05) is 6.92 Å². The van der Waals surface area contributed by atoms with Crippen LogP contribution in [0.3, 0.4) is 0 Å². The highest BCUT2D eigenvalue weighted by molar-refractivity contribution is 6.30. The maximum atomic E-state index is 13.0. The predicted molar refractivity (Wildman–Crippen MR) is 104 cm³/mol. The van der Waals surface area contributed by atoms with Gasteiger partial charge in [0.2, 0.25) is 0 Å². The maximum Gasteiger partial charge on any atom is 0.310 e. The van der Waals surface area contributed by atoms with Crippen LogP contribution in [-0.4, -0.2) is 42.8 Å². The van der Waals surface area contributed by atoms with Gasteiger partial charge >= 0.3 is 5.97 Å². The fourth-order valence-electron chi connectivity index (χ4n) is 2.76. The molecule has 1 atom stereocenters. The Kier molecular flexibility index (Phi) is 7.13. The number of rotatable bonds is 7. The van der Waals surface area contributed by atoms with E-state index in [4.69, 9.17) is 16.3 Å². The van der Waals surface area contributed by atoms with Crippen LogP contribution in [0.2, 0.25) is 5.02 Å². The zero-order valence-corrected chi connectivity index (χ0v) is 16.3. The van der Waals surface area contributed by atoms with E-state index in [2.05, 4.69) is 0 Å². The van der Waals surface area contributed by atoms with Crippen LogP contribution in [0.1, 0.15) is 40.1 Å². The maximum absolute atomic E-state index is 13.0. The van der Waals surface area contributed by atoms with E-state index >= 15 is 0 Å². The summed E-state index contributed by atoms with van der Waals surface area (Å²) in [7, 11) is 1.32. The van der Waals surface area contributed by atoms with Gasteiger partial charge in [0.15, 0.2) is 5.78 Å². The summed E-state index contributed by atoms with van der Waals surface area (Å²) in [6.45, 7) is 4.15. The largest absolute Gasteiger partial charge is 0.469 e. The molecule has 0 aromatic heterocycles. The molecule has 0 aliphatic carbocycles. The summed E-state index contributed by atoms with van der Waals surface area (Å²) in [4.78, 5) is 39.1. The van der Waals surface area contributed by atoms with Crippen LogP contribution in [0.4, 0.5) is 0 Å². The first kappa shape index (κ1) is 20.6. The van der Waals surface area contributed by atoms with Crippen molar-refractivity contribution in [3.63, 3.8) is 0 Å². The molecule has 0 N–H and O–H groups in total. The first-order valence-electron chi connectivity index (χ1n) is 8.65. The monoisotopic (exact) mass is 387 g/mol. The van der Waals surface area contributed by atoms with Crippen molar-refractivity contribution in [1.82, 2.24) is 4.90 Å². The van der Waals surface area contributed by atoms with Crippen LogP contribution in [0.15, 0.2) is 48.5 Å². The first-order chi connectivity index (χ1) is 12.9. The van der Waals surface area contributed by atoms with E-state index in [0.717, 1.165) is 0 Å². The van der Waals surface area contributed by atoms with Crippen molar-refractivity contribution < 1.29 is 19.1 Å². The second-order valence-corrected chi connectivity index (χ2v) is 6.59. The third-order valence-electron chi connectivity index (χ3n) is 4.28. The zero-order valence-electron chi connectivity index (χ0n) is 15.6. The SMILES string of the molecule is CCN(CC(C)C(=O)OC)C(=O)c1ccccc1C(=O)c1ccc(Cl)cc1. The number of halogens is 1. The van der Waals surface area contributed by atoms with Crippen LogP contribution in [0.5, 0.6) is 0 Å². The Morgan fingerprint density at radius 1 is 1.04 bits per heavy atom. The molecular weight excluding hydrogens is 366 g/mol. The number of benzene rings is 2. The number of carbonyl (C=O) groups is 3. The Morgan fingerprint density at radius 2 is 1.63 bits per heavy atom. The van der Waals surface area contributed by atoms with Gasteiger partial charge in [0.1, 0.15) is 0 Å². The highest BCUT2D eigenvalue weighted by Gasteiger charge is 2.25. The van der Waals surface area contributed by atoms with Crippen LogP contribution >= 0.6 is 11.6 Å². The second-order valence-electron chi connectivity index (χ2n) is 6.15. The van der Waals surface area contributed by atoms with Crippen LogP contribution in [0.25, 0.3) is 0 Å². The summed E-state index contributed by atoms with van der Waals surface area (Å²) >= 11 is 5.88.